The Labute approximate surface area is 123 Å². The summed E-state index contributed by atoms with van der Waals surface area (Å²) >= 11 is 0. The van der Waals surface area contributed by atoms with Gasteiger partial charge in [0, 0.05) is 18.0 Å². The topological polar surface area (TPSA) is 96.5 Å². The van der Waals surface area contributed by atoms with Gasteiger partial charge in [0.15, 0.2) is 0 Å². The molecule has 1 amide bonds. The molecule has 1 unspecified atom stereocenters. The number of carboxylic acid groups (broad SMARTS) is 1. The van der Waals surface area contributed by atoms with Crippen LogP contribution in [-0.2, 0) is 15.8 Å². The predicted octanol–water partition coefficient (Wildman–Crippen LogP) is 1.17. The van der Waals surface area contributed by atoms with Gasteiger partial charge in [-0.25, -0.2) is 9.78 Å². The van der Waals surface area contributed by atoms with Crippen molar-refractivity contribution in [1.82, 2.24) is 4.98 Å². The number of alkyl halides is 3. The van der Waals surface area contributed by atoms with Crippen LogP contribution >= 0.6 is 0 Å². The number of aryl methyl sites for hydroxylation is 1. The van der Waals surface area contributed by atoms with E-state index in [1.165, 1.54) is 6.92 Å². The fourth-order valence-electron chi connectivity index (χ4n) is 2.53. The first kappa shape index (κ1) is 16.2. The highest BCUT2D eigenvalue weighted by Crippen LogP contribution is 2.35. The van der Waals surface area contributed by atoms with E-state index in [4.69, 9.17) is 5.73 Å². The maximum atomic E-state index is 12.9. The van der Waals surface area contributed by atoms with E-state index in [1.807, 2.05) is 0 Å². The number of amides is 1. The van der Waals surface area contributed by atoms with Crippen molar-refractivity contribution in [2.24, 2.45) is 11.7 Å². The average Bonchev–Trinajstić information content (AvgIpc) is 2.74. The predicted molar refractivity (Wildman–Crippen MR) is 70.0 cm³/mol. The molecule has 3 N–H and O–H groups in total. The number of aromatic nitrogens is 1. The van der Waals surface area contributed by atoms with E-state index < -0.39 is 35.6 Å². The fourth-order valence-corrected chi connectivity index (χ4v) is 2.53. The largest absolute Gasteiger partial charge is 0.480 e. The summed E-state index contributed by atoms with van der Waals surface area (Å²) in [6.07, 6.45) is -4.75. The van der Waals surface area contributed by atoms with Gasteiger partial charge >= 0.3 is 12.1 Å². The summed E-state index contributed by atoms with van der Waals surface area (Å²) in [6.45, 7) is 1.28. The first-order valence-electron chi connectivity index (χ1n) is 6.46. The van der Waals surface area contributed by atoms with Crippen molar-refractivity contribution in [1.29, 1.82) is 0 Å². The average molecular weight is 317 g/mol. The highest BCUT2D eigenvalue weighted by molar-refractivity contribution is 6.02. The summed E-state index contributed by atoms with van der Waals surface area (Å²) in [6, 6.07) is 0.202. The van der Waals surface area contributed by atoms with E-state index in [1.54, 1.807) is 0 Å². The van der Waals surface area contributed by atoms with E-state index in [0.29, 0.717) is 6.07 Å². The molecule has 1 aromatic rings. The van der Waals surface area contributed by atoms with Crippen molar-refractivity contribution >= 4 is 17.7 Å². The van der Waals surface area contributed by atoms with E-state index in [9.17, 15) is 27.9 Å². The summed E-state index contributed by atoms with van der Waals surface area (Å²) < 4.78 is 38.6. The number of rotatable bonds is 3. The minimum Gasteiger partial charge on any atom is -0.480 e. The van der Waals surface area contributed by atoms with Crippen molar-refractivity contribution in [2.75, 3.05) is 11.4 Å². The third-order valence-electron chi connectivity index (χ3n) is 3.50. The Morgan fingerprint density at radius 3 is 2.64 bits per heavy atom. The Kier molecular flexibility index (Phi) is 4.10. The molecule has 1 aliphatic rings. The normalized spacial score (nSPS) is 22.2. The molecule has 0 spiro atoms. The monoisotopic (exact) mass is 317 g/mol. The van der Waals surface area contributed by atoms with Crippen LogP contribution in [0.15, 0.2) is 12.1 Å². The fraction of sp³-hybridized carbons (Fsp3) is 0.462. The molecular weight excluding hydrogens is 303 g/mol. The number of hydrogen-bond acceptors (Lipinski definition) is 4. The second kappa shape index (κ2) is 5.56. The van der Waals surface area contributed by atoms with Crippen LogP contribution in [-0.4, -0.2) is 34.6 Å². The van der Waals surface area contributed by atoms with E-state index in [-0.39, 0.29) is 24.5 Å². The lowest BCUT2D eigenvalue weighted by molar-refractivity contribution is -0.139. The zero-order valence-electron chi connectivity index (χ0n) is 11.6. The molecule has 6 nitrogen and oxygen atoms in total. The van der Waals surface area contributed by atoms with Gasteiger partial charge in [-0.05, 0) is 25.6 Å². The minimum atomic E-state index is -4.61. The molecule has 120 valence electrons. The quantitative estimate of drug-likeness (QED) is 0.872. The van der Waals surface area contributed by atoms with Crippen LogP contribution < -0.4 is 10.6 Å². The Morgan fingerprint density at radius 1 is 1.50 bits per heavy atom. The van der Waals surface area contributed by atoms with E-state index >= 15 is 0 Å². The lowest BCUT2D eigenvalue weighted by atomic mass is 10.0. The second-order valence-corrected chi connectivity index (χ2v) is 5.10. The maximum absolute atomic E-state index is 12.9. The molecule has 0 radical (unpaired) electrons. The molecule has 22 heavy (non-hydrogen) atoms. The molecule has 2 heterocycles. The van der Waals surface area contributed by atoms with Gasteiger partial charge in [0.25, 0.3) is 0 Å². The molecule has 0 aliphatic carbocycles. The van der Waals surface area contributed by atoms with Crippen LogP contribution in [0.5, 0.6) is 0 Å². The van der Waals surface area contributed by atoms with Crippen molar-refractivity contribution in [3.63, 3.8) is 0 Å². The van der Waals surface area contributed by atoms with Crippen LogP contribution in [0.1, 0.15) is 17.7 Å². The summed E-state index contributed by atoms with van der Waals surface area (Å²) in [5, 5.41) is 9.26. The highest BCUT2D eigenvalue weighted by Gasteiger charge is 2.45. The first-order chi connectivity index (χ1) is 10.1. The number of carbonyl (C=O) groups excluding carboxylic acids is 1. The van der Waals surface area contributed by atoms with Crippen LogP contribution in [0.25, 0.3) is 0 Å². The number of carboxylic acids is 1. The first-order valence-corrected chi connectivity index (χ1v) is 6.46. The number of anilines is 1. The number of nitrogens with two attached hydrogens (primary N) is 1. The molecule has 1 fully saturated rings. The van der Waals surface area contributed by atoms with Gasteiger partial charge in [-0.1, -0.05) is 0 Å². The zero-order chi connectivity index (χ0) is 16.7. The van der Waals surface area contributed by atoms with Crippen LogP contribution in [0, 0.1) is 12.8 Å². The minimum absolute atomic E-state index is 0.0398. The molecule has 1 aliphatic heterocycles. The molecule has 9 heteroatoms. The molecule has 1 aromatic heterocycles. The number of halogens is 3. The highest BCUT2D eigenvalue weighted by atomic mass is 19.4. The maximum Gasteiger partial charge on any atom is 0.416 e. The SMILES string of the molecule is Cc1cc(C(F)(F)F)cc(N2C(=O)CC(CN)[C@H]2C(=O)O)n1. The zero-order valence-corrected chi connectivity index (χ0v) is 11.6. The molecule has 0 bridgehead atoms. The van der Waals surface area contributed by atoms with Crippen LogP contribution in [0.2, 0.25) is 0 Å². The van der Waals surface area contributed by atoms with E-state index in [0.717, 1.165) is 11.0 Å². The molecule has 1 saturated heterocycles. The second-order valence-electron chi connectivity index (χ2n) is 5.10. The lowest BCUT2D eigenvalue weighted by Crippen LogP contribution is -2.43. The smallest absolute Gasteiger partial charge is 0.416 e. The lowest BCUT2D eigenvalue weighted by Gasteiger charge is -2.24. The van der Waals surface area contributed by atoms with Crippen LogP contribution in [0.4, 0.5) is 19.0 Å². The molecule has 0 saturated carbocycles. The molecule has 2 rings (SSSR count). The molecular formula is C13H14F3N3O3. The number of aliphatic carboxylic acids is 1. The van der Waals surface area contributed by atoms with Gasteiger partial charge in [0.2, 0.25) is 5.91 Å². The Hall–Kier alpha value is -2.16. The van der Waals surface area contributed by atoms with Gasteiger partial charge in [-0.3, -0.25) is 9.69 Å². The summed E-state index contributed by atoms with van der Waals surface area (Å²) in [4.78, 5) is 28.1. The van der Waals surface area contributed by atoms with Crippen molar-refractivity contribution in [3.8, 4) is 0 Å². The molecule has 2 atom stereocenters. The number of pyridine rings is 1. The Bertz CT molecular complexity index is 618. The number of hydrogen-bond donors (Lipinski definition) is 2. The summed E-state index contributed by atoms with van der Waals surface area (Å²) in [5.74, 6) is -2.91. The number of nitrogens with zero attached hydrogens (tertiary/aromatic N) is 2. The van der Waals surface area contributed by atoms with Crippen molar-refractivity contribution in [2.45, 2.75) is 25.6 Å². The Morgan fingerprint density at radius 2 is 2.14 bits per heavy atom. The van der Waals surface area contributed by atoms with E-state index in [2.05, 4.69) is 4.98 Å². The number of carbonyl (C=O) groups is 2. The van der Waals surface area contributed by atoms with Gasteiger partial charge in [0.05, 0.1) is 5.56 Å². The van der Waals surface area contributed by atoms with Gasteiger partial charge in [-0.15, -0.1) is 0 Å². The van der Waals surface area contributed by atoms with Crippen molar-refractivity contribution < 1.29 is 27.9 Å². The summed E-state index contributed by atoms with van der Waals surface area (Å²) in [5.41, 5.74) is 4.51. The third-order valence-corrected chi connectivity index (χ3v) is 3.50. The summed E-state index contributed by atoms with van der Waals surface area (Å²) in [7, 11) is 0. The van der Waals surface area contributed by atoms with Gasteiger partial charge in [-0.2, -0.15) is 13.2 Å². The van der Waals surface area contributed by atoms with Crippen molar-refractivity contribution in [3.05, 3.63) is 23.4 Å². The molecule has 0 aromatic carbocycles. The third kappa shape index (κ3) is 2.89. The Balaban J connectivity index is 2.52. The standard InChI is InChI=1S/C13H14F3N3O3/c1-6-2-8(13(14,15)16)4-9(18-6)19-10(20)3-7(5-17)11(19)12(21)22/h2,4,7,11H,3,5,17H2,1H3,(H,21,22)/t7?,11-/m0/s1. The van der Waals surface area contributed by atoms with Gasteiger partial charge in [0.1, 0.15) is 11.9 Å². The van der Waals surface area contributed by atoms with Crippen LogP contribution in [0.3, 0.4) is 0 Å². The van der Waals surface area contributed by atoms with Gasteiger partial charge < -0.3 is 10.8 Å².